The molecule has 0 atom stereocenters. The molecule has 0 spiro atoms. The van der Waals surface area contributed by atoms with Crippen LogP contribution in [-0.4, -0.2) is 50.6 Å². The number of benzene rings is 2. The van der Waals surface area contributed by atoms with Crippen molar-refractivity contribution in [2.24, 2.45) is 0 Å². The minimum Gasteiger partial charge on any atom is -0.493 e. The zero-order valence-electron chi connectivity index (χ0n) is 17.5. The molecule has 2 rings (SSSR count). The summed E-state index contributed by atoms with van der Waals surface area (Å²) in [5, 5.41) is 10.8. The van der Waals surface area contributed by atoms with E-state index in [2.05, 4.69) is 4.90 Å². The molecule has 0 aliphatic rings. The van der Waals surface area contributed by atoms with Crippen LogP contribution >= 0.6 is 0 Å². The van der Waals surface area contributed by atoms with Crippen molar-refractivity contribution in [1.29, 1.82) is 0 Å². The molecule has 29 heavy (non-hydrogen) atoms. The lowest BCUT2D eigenvalue weighted by atomic mass is 10.1. The van der Waals surface area contributed by atoms with E-state index in [4.69, 9.17) is 9.47 Å². The van der Waals surface area contributed by atoms with Crippen LogP contribution in [0.15, 0.2) is 36.4 Å². The van der Waals surface area contributed by atoms with E-state index in [0.717, 1.165) is 29.8 Å². The van der Waals surface area contributed by atoms with E-state index < -0.39 is 10.9 Å². The molecule has 2 aromatic carbocycles. The van der Waals surface area contributed by atoms with Gasteiger partial charge in [0.1, 0.15) is 0 Å². The molecule has 0 fully saturated rings. The van der Waals surface area contributed by atoms with Crippen molar-refractivity contribution in [2.45, 2.75) is 19.9 Å². The van der Waals surface area contributed by atoms with Crippen molar-refractivity contribution in [2.75, 3.05) is 39.7 Å². The third-order valence-corrected chi connectivity index (χ3v) is 4.47. The van der Waals surface area contributed by atoms with Gasteiger partial charge in [-0.15, -0.1) is 0 Å². The number of carbonyl (C=O) groups excluding carboxylic acids is 1. The van der Waals surface area contributed by atoms with Gasteiger partial charge in [-0.2, -0.15) is 0 Å². The first kappa shape index (κ1) is 22.2. The number of hydrogen-bond acceptors (Lipinski definition) is 7. The first-order valence-electron chi connectivity index (χ1n) is 9.19. The van der Waals surface area contributed by atoms with Crippen molar-refractivity contribution in [3.05, 3.63) is 57.6 Å². The quantitative estimate of drug-likeness (QED) is 0.276. The van der Waals surface area contributed by atoms with Crippen LogP contribution < -0.4 is 14.4 Å². The van der Waals surface area contributed by atoms with Crippen LogP contribution in [0.2, 0.25) is 0 Å². The van der Waals surface area contributed by atoms with Gasteiger partial charge in [0.2, 0.25) is 0 Å². The molecule has 0 bridgehead atoms. The molecule has 2 aromatic rings. The van der Waals surface area contributed by atoms with Crippen LogP contribution in [0.3, 0.4) is 0 Å². The molecule has 0 aliphatic carbocycles. The second-order valence-electron chi connectivity index (χ2n) is 7.04. The fraction of sp³-hybridized carbons (Fsp3) is 0.381. The van der Waals surface area contributed by atoms with E-state index in [0.29, 0.717) is 18.0 Å². The van der Waals surface area contributed by atoms with Crippen molar-refractivity contribution in [3.8, 4) is 11.5 Å². The van der Waals surface area contributed by atoms with Crippen molar-refractivity contribution in [1.82, 2.24) is 4.90 Å². The van der Waals surface area contributed by atoms with Gasteiger partial charge >= 0.3 is 5.97 Å². The lowest BCUT2D eigenvalue weighted by molar-refractivity contribution is -0.384. The Balaban J connectivity index is 2.16. The zero-order chi connectivity index (χ0) is 21.6. The molecule has 0 radical (unpaired) electrons. The van der Waals surface area contributed by atoms with Crippen LogP contribution in [0.1, 0.15) is 18.1 Å². The van der Waals surface area contributed by atoms with Crippen LogP contribution in [0, 0.1) is 10.1 Å². The molecular weight excluding hydrogens is 374 g/mol. The maximum atomic E-state index is 11.6. The van der Waals surface area contributed by atoms with Gasteiger partial charge in [-0.05, 0) is 25.1 Å². The summed E-state index contributed by atoms with van der Waals surface area (Å²) >= 11 is 0. The first-order valence-corrected chi connectivity index (χ1v) is 9.19. The Hall–Kier alpha value is -3.13. The highest BCUT2D eigenvalue weighted by molar-refractivity contribution is 5.72. The summed E-state index contributed by atoms with van der Waals surface area (Å²) in [6.07, 6.45) is 0.738. The number of nitro groups is 1. The van der Waals surface area contributed by atoms with Gasteiger partial charge in [0.05, 0.1) is 12.0 Å². The lowest BCUT2D eigenvalue weighted by Crippen LogP contribution is -2.22. The number of anilines is 1. The fourth-order valence-corrected chi connectivity index (χ4v) is 2.90. The third kappa shape index (κ3) is 6.18. The summed E-state index contributed by atoms with van der Waals surface area (Å²) in [6, 6.07) is 10.4. The largest absolute Gasteiger partial charge is 0.493 e. The van der Waals surface area contributed by atoms with Crippen LogP contribution in [0.5, 0.6) is 11.5 Å². The maximum absolute atomic E-state index is 11.6. The molecule has 0 heterocycles. The molecule has 0 saturated heterocycles. The smallest absolute Gasteiger partial charge is 0.308 e. The van der Waals surface area contributed by atoms with Gasteiger partial charge in [0.15, 0.2) is 11.5 Å². The molecule has 0 aromatic heterocycles. The Bertz CT molecular complexity index is 865. The van der Waals surface area contributed by atoms with Gasteiger partial charge < -0.3 is 19.3 Å². The first-order chi connectivity index (χ1) is 13.7. The minimum absolute atomic E-state index is 0.0840. The monoisotopic (exact) mass is 401 g/mol. The van der Waals surface area contributed by atoms with Crippen LogP contribution in [0.25, 0.3) is 0 Å². The van der Waals surface area contributed by atoms with Crippen LogP contribution in [0.4, 0.5) is 11.4 Å². The minimum atomic E-state index is -0.407. The number of hydrogen-bond donors (Lipinski definition) is 0. The van der Waals surface area contributed by atoms with Crippen molar-refractivity contribution >= 4 is 17.3 Å². The fourth-order valence-electron chi connectivity index (χ4n) is 2.90. The van der Waals surface area contributed by atoms with Crippen LogP contribution in [-0.2, 0) is 17.8 Å². The molecule has 8 nitrogen and oxygen atoms in total. The summed E-state index contributed by atoms with van der Waals surface area (Å²) < 4.78 is 10.9. The number of ether oxygens (including phenoxy) is 2. The number of methoxy groups -OCH3 is 1. The number of esters is 1. The molecule has 8 heteroatoms. The average Bonchev–Trinajstić information content (AvgIpc) is 2.67. The number of rotatable bonds is 9. The van der Waals surface area contributed by atoms with E-state index in [1.165, 1.54) is 19.1 Å². The second kappa shape index (κ2) is 9.88. The molecule has 0 saturated carbocycles. The highest BCUT2D eigenvalue weighted by atomic mass is 16.6. The zero-order valence-corrected chi connectivity index (χ0v) is 17.5. The Morgan fingerprint density at radius 2 is 1.79 bits per heavy atom. The molecule has 156 valence electrons. The standard InChI is InChI=1S/C21H27N3O5/c1-15(25)29-21-17(12-19(22(2)3)13-20(21)28-5)14-23(4)11-10-16-6-8-18(9-7-16)24(26)27/h6-9,12-13H,10-11,14H2,1-5H3. The highest BCUT2D eigenvalue weighted by Gasteiger charge is 2.17. The van der Waals surface area contributed by atoms with E-state index >= 15 is 0 Å². The summed E-state index contributed by atoms with van der Waals surface area (Å²) in [4.78, 5) is 26.0. The SMILES string of the molecule is COc1cc(N(C)C)cc(CN(C)CCc2ccc([N+](=O)[O-])cc2)c1OC(C)=O. The maximum Gasteiger partial charge on any atom is 0.308 e. The predicted molar refractivity (Wildman–Crippen MR) is 112 cm³/mol. The number of nitro benzene ring substituents is 1. The van der Waals surface area contributed by atoms with Gasteiger partial charge in [-0.3, -0.25) is 14.9 Å². The Labute approximate surface area is 170 Å². The van der Waals surface area contributed by atoms with E-state index in [9.17, 15) is 14.9 Å². The van der Waals surface area contributed by atoms with E-state index in [1.54, 1.807) is 19.2 Å². The lowest BCUT2D eigenvalue weighted by Gasteiger charge is -2.22. The summed E-state index contributed by atoms with van der Waals surface area (Å²) in [6.45, 7) is 2.64. The summed E-state index contributed by atoms with van der Waals surface area (Å²) in [5.74, 6) is 0.522. The average molecular weight is 401 g/mol. The van der Waals surface area contributed by atoms with Crippen molar-refractivity contribution < 1.29 is 19.2 Å². The molecule has 0 aliphatic heterocycles. The normalized spacial score (nSPS) is 10.7. The van der Waals surface area contributed by atoms with Crippen molar-refractivity contribution in [3.63, 3.8) is 0 Å². The van der Waals surface area contributed by atoms with Gasteiger partial charge in [0.25, 0.3) is 5.69 Å². The van der Waals surface area contributed by atoms with Gasteiger partial charge in [-0.1, -0.05) is 12.1 Å². The molecule has 0 unspecified atom stereocenters. The topological polar surface area (TPSA) is 85.2 Å². The Morgan fingerprint density at radius 1 is 1.14 bits per heavy atom. The predicted octanol–water partition coefficient (Wildman–Crippen LogP) is 3.27. The molecular formula is C21H27N3O5. The summed E-state index contributed by atoms with van der Waals surface area (Å²) in [7, 11) is 7.38. The molecule has 0 amide bonds. The number of carbonyl (C=O) groups is 1. The van der Waals surface area contributed by atoms with E-state index in [1.807, 2.05) is 38.2 Å². The second-order valence-corrected chi connectivity index (χ2v) is 7.04. The molecule has 0 N–H and O–H groups in total. The highest BCUT2D eigenvalue weighted by Crippen LogP contribution is 2.36. The van der Waals surface area contributed by atoms with Gasteiger partial charge in [0, 0.05) is 63.6 Å². The van der Waals surface area contributed by atoms with E-state index in [-0.39, 0.29) is 5.69 Å². The van der Waals surface area contributed by atoms with Gasteiger partial charge in [-0.25, -0.2) is 0 Å². The number of non-ortho nitro benzene ring substituents is 1. The third-order valence-electron chi connectivity index (χ3n) is 4.47. The Kier molecular flexibility index (Phi) is 7.55. The number of likely N-dealkylation sites (N-methyl/N-ethyl adjacent to an activating group) is 1. The summed E-state index contributed by atoms with van der Waals surface area (Å²) in [5.41, 5.74) is 2.88. The number of nitrogens with zero attached hydrogens (tertiary/aromatic N) is 3. The Morgan fingerprint density at radius 3 is 2.31 bits per heavy atom.